The third-order valence-corrected chi connectivity index (χ3v) is 10.4. The van der Waals surface area contributed by atoms with E-state index in [1.54, 1.807) is 0 Å². The first-order chi connectivity index (χ1) is 24.9. The van der Waals surface area contributed by atoms with E-state index >= 15 is 0 Å². The molecule has 0 fully saturated rings. The largest absolute Gasteiger partial charge is 0.456 e. The van der Waals surface area contributed by atoms with E-state index in [0.717, 1.165) is 66.8 Å². The standard InChI is InChI=1S/C48H38N2O/c1-31-15-19-41(23-33(31)3)49(39-11-7-5-8-12-39)43-21-17-35-27-45-46-28-36-18-22-44(26-38(36)30-48(46)51-47(45)29-37(35)25-43)50(40-13-9-6-10-14-40)42-20-16-32(2)34(4)24-42/h5-30H,1-4H3. The second kappa shape index (κ2) is 12.2. The minimum absolute atomic E-state index is 0.892. The molecule has 0 aliphatic carbocycles. The molecule has 9 aromatic rings. The summed E-state index contributed by atoms with van der Waals surface area (Å²) < 4.78 is 6.64. The zero-order chi connectivity index (χ0) is 34.6. The van der Waals surface area contributed by atoms with Gasteiger partial charge in [0.2, 0.25) is 0 Å². The Morgan fingerprint density at radius 2 is 0.706 bits per heavy atom. The number of benzene rings is 8. The van der Waals surface area contributed by atoms with Crippen molar-refractivity contribution < 1.29 is 4.42 Å². The lowest BCUT2D eigenvalue weighted by molar-refractivity contribution is 0.670. The van der Waals surface area contributed by atoms with E-state index in [2.05, 4.69) is 195 Å². The minimum Gasteiger partial charge on any atom is -0.456 e. The van der Waals surface area contributed by atoms with Gasteiger partial charge in [-0.15, -0.1) is 0 Å². The molecule has 0 aliphatic rings. The molecule has 0 atom stereocenters. The first-order valence-electron chi connectivity index (χ1n) is 17.6. The molecular weight excluding hydrogens is 621 g/mol. The number of nitrogens with zero attached hydrogens (tertiary/aromatic N) is 2. The lowest BCUT2D eigenvalue weighted by Gasteiger charge is -2.26. The molecule has 0 radical (unpaired) electrons. The van der Waals surface area contributed by atoms with Crippen LogP contribution in [-0.4, -0.2) is 0 Å². The molecule has 0 saturated carbocycles. The van der Waals surface area contributed by atoms with Gasteiger partial charge in [-0.05, 0) is 169 Å². The van der Waals surface area contributed by atoms with Gasteiger partial charge in [0.15, 0.2) is 0 Å². The van der Waals surface area contributed by atoms with Gasteiger partial charge in [-0.2, -0.15) is 0 Å². The van der Waals surface area contributed by atoms with Crippen LogP contribution in [0, 0.1) is 27.7 Å². The molecule has 0 unspecified atom stereocenters. The predicted molar refractivity (Wildman–Crippen MR) is 217 cm³/mol. The highest BCUT2D eigenvalue weighted by Gasteiger charge is 2.17. The molecule has 0 amide bonds. The van der Waals surface area contributed by atoms with Crippen molar-refractivity contribution in [3.05, 3.63) is 180 Å². The van der Waals surface area contributed by atoms with E-state index in [1.807, 2.05) is 0 Å². The number of hydrogen-bond acceptors (Lipinski definition) is 3. The number of aryl methyl sites for hydroxylation is 4. The van der Waals surface area contributed by atoms with Crippen LogP contribution in [0.3, 0.4) is 0 Å². The van der Waals surface area contributed by atoms with E-state index in [4.69, 9.17) is 4.42 Å². The fourth-order valence-corrected chi connectivity index (χ4v) is 7.29. The summed E-state index contributed by atoms with van der Waals surface area (Å²) in [6, 6.07) is 57.0. The van der Waals surface area contributed by atoms with Crippen molar-refractivity contribution in [2.75, 3.05) is 9.80 Å². The Hall–Kier alpha value is -6.32. The van der Waals surface area contributed by atoms with Crippen molar-refractivity contribution in [1.29, 1.82) is 0 Å². The van der Waals surface area contributed by atoms with E-state index in [-0.39, 0.29) is 0 Å². The van der Waals surface area contributed by atoms with Crippen LogP contribution < -0.4 is 9.80 Å². The fraction of sp³-hybridized carbons (Fsp3) is 0.0833. The molecule has 51 heavy (non-hydrogen) atoms. The zero-order valence-corrected chi connectivity index (χ0v) is 29.3. The Kier molecular flexibility index (Phi) is 7.36. The van der Waals surface area contributed by atoms with Gasteiger partial charge in [-0.1, -0.05) is 60.7 Å². The lowest BCUT2D eigenvalue weighted by Crippen LogP contribution is -2.10. The molecule has 0 aliphatic heterocycles. The number of anilines is 6. The normalized spacial score (nSPS) is 11.5. The molecule has 3 nitrogen and oxygen atoms in total. The Balaban J connectivity index is 1.15. The zero-order valence-electron chi connectivity index (χ0n) is 29.3. The molecule has 9 rings (SSSR count). The van der Waals surface area contributed by atoms with Gasteiger partial charge in [0.1, 0.15) is 11.2 Å². The quantitative estimate of drug-likeness (QED) is 0.177. The number of para-hydroxylation sites is 2. The van der Waals surface area contributed by atoms with Crippen LogP contribution in [0.4, 0.5) is 34.1 Å². The maximum Gasteiger partial charge on any atom is 0.136 e. The molecule has 1 aromatic heterocycles. The molecule has 1 heterocycles. The lowest BCUT2D eigenvalue weighted by atomic mass is 10.0. The minimum atomic E-state index is 0.892. The Morgan fingerprint density at radius 1 is 0.314 bits per heavy atom. The SMILES string of the molecule is Cc1ccc(N(c2ccccc2)c2ccc3cc4c(cc3c2)oc2cc3cc(N(c5ccccc5)c5ccc(C)c(C)c5)ccc3cc24)cc1C. The maximum absolute atomic E-state index is 6.64. The highest BCUT2D eigenvalue weighted by Crippen LogP contribution is 2.41. The first-order valence-corrected chi connectivity index (χ1v) is 17.6. The van der Waals surface area contributed by atoms with Crippen molar-refractivity contribution in [3.8, 4) is 0 Å². The van der Waals surface area contributed by atoms with Crippen molar-refractivity contribution in [2.45, 2.75) is 27.7 Å². The number of fused-ring (bicyclic) bond motifs is 5. The van der Waals surface area contributed by atoms with Gasteiger partial charge < -0.3 is 14.2 Å². The van der Waals surface area contributed by atoms with Crippen molar-refractivity contribution in [1.82, 2.24) is 0 Å². The van der Waals surface area contributed by atoms with Crippen LogP contribution in [0.15, 0.2) is 162 Å². The summed E-state index contributed by atoms with van der Waals surface area (Å²) in [5, 5.41) is 6.91. The van der Waals surface area contributed by atoms with E-state index in [0.29, 0.717) is 0 Å². The molecule has 3 heteroatoms. The van der Waals surface area contributed by atoms with E-state index < -0.39 is 0 Å². The Morgan fingerprint density at radius 3 is 1.12 bits per heavy atom. The summed E-state index contributed by atoms with van der Waals surface area (Å²) in [6.45, 7) is 8.67. The Labute approximate surface area is 298 Å². The molecule has 0 saturated heterocycles. The van der Waals surface area contributed by atoms with Gasteiger partial charge in [-0.3, -0.25) is 0 Å². The number of hydrogen-bond donors (Lipinski definition) is 0. The topological polar surface area (TPSA) is 19.6 Å². The van der Waals surface area contributed by atoms with E-state index in [9.17, 15) is 0 Å². The average molecular weight is 659 g/mol. The van der Waals surface area contributed by atoms with Crippen molar-refractivity contribution >= 4 is 77.6 Å². The van der Waals surface area contributed by atoms with Crippen molar-refractivity contribution in [2.24, 2.45) is 0 Å². The molecule has 0 bridgehead atoms. The average Bonchev–Trinajstić information content (AvgIpc) is 3.49. The maximum atomic E-state index is 6.64. The molecule has 0 N–H and O–H groups in total. The number of rotatable bonds is 6. The monoisotopic (exact) mass is 658 g/mol. The highest BCUT2D eigenvalue weighted by atomic mass is 16.3. The molecular formula is C48H38N2O. The first kappa shape index (κ1) is 30.7. The van der Waals surface area contributed by atoms with Crippen LogP contribution in [0.25, 0.3) is 43.5 Å². The highest BCUT2D eigenvalue weighted by molar-refractivity contribution is 6.14. The third-order valence-electron chi connectivity index (χ3n) is 10.4. The van der Waals surface area contributed by atoms with Crippen LogP contribution in [0.5, 0.6) is 0 Å². The summed E-state index contributed by atoms with van der Waals surface area (Å²) in [5.41, 5.74) is 13.7. The number of furan rings is 1. The molecule has 246 valence electrons. The van der Waals surface area contributed by atoms with Crippen LogP contribution in [0.2, 0.25) is 0 Å². The third kappa shape index (κ3) is 5.48. The second-order valence-corrected chi connectivity index (χ2v) is 13.7. The summed E-state index contributed by atoms with van der Waals surface area (Å²) in [7, 11) is 0. The summed E-state index contributed by atoms with van der Waals surface area (Å²) in [4.78, 5) is 4.66. The van der Waals surface area contributed by atoms with Crippen LogP contribution in [-0.2, 0) is 0 Å². The summed E-state index contributed by atoms with van der Waals surface area (Å²) >= 11 is 0. The fourth-order valence-electron chi connectivity index (χ4n) is 7.29. The van der Waals surface area contributed by atoms with Crippen LogP contribution in [0.1, 0.15) is 22.3 Å². The Bertz CT molecular complexity index is 2560. The van der Waals surface area contributed by atoms with Crippen molar-refractivity contribution in [3.63, 3.8) is 0 Å². The smallest absolute Gasteiger partial charge is 0.136 e. The van der Waals surface area contributed by atoms with Gasteiger partial charge in [0.05, 0.1) is 0 Å². The van der Waals surface area contributed by atoms with Gasteiger partial charge in [0, 0.05) is 44.9 Å². The summed E-state index contributed by atoms with van der Waals surface area (Å²) in [6.07, 6.45) is 0. The second-order valence-electron chi connectivity index (χ2n) is 13.7. The van der Waals surface area contributed by atoms with Gasteiger partial charge in [0.25, 0.3) is 0 Å². The molecule has 8 aromatic carbocycles. The van der Waals surface area contributed by atoms with Crippen LogP contribution >= 0.6 is 0 Å². The molecule has 0 spiro atoms. The van der Waals surface area contributed by atoms with Gasteiger partial charge in [-0.25, -0.2) is 0 Å². The van der Waals surface area contributed by atoms with Gasteiger partial charge >= 0.3 is 0 Å². The summed E-state index contributed by atoms with van der Waals surface area (Å²) in [5.74, 6) is 0. The predicted octanol–water partition coefficient (Wildman–Crippen LogP) is 14.1. The van der Waals surface area contributed by atoms with E-state index in [1.165, 1.54) is 33.0 Å².